The van der Waals surface area contributed by atoms with Crippen molar-refractivity contribution in [1.29, 1.82) is 0 Å². The molecular formula is C23H32IN9O. The Morgan fingerprint density at radius 3 is 2.38 bits per heavy atom. The molecule has 0 unspecified atom stereocenters. The maximum atomic E-state index is 5.25. The molecule has 4 rings (SSSR count). The molecule has 1 saturated heterocycles. The number of aliphatic imine (C=N–C) groups is 1. The second-order valence-corrected chi connectivity index (χ2v) is 7.91. The first-order valence-electron chi connectivity index (χ1n) is 11.2. The van der Waals surface area contributed by atoms with Crippen molar-refractivity contribution in [3.63, 3.8) is 0 Å². The first-order valence-corrected chi connectivity index (χ1v) is 11.2. The molecule has 2 aromatic heterocycles. The molecule has 3 heterocycles. The van der Waals surface area contributed by atoms with Crippen LogP contribution in [0, 0.1) is 6.92 Å². The number of rotatable bonds is 7. The van der Waals surface area contributed by atoms with Gasteiger partial charge in [0.05, 0.1) is 7.11 Å². The highest BCUT2D eigenvalue weighted by atomic mass is 127. The van der Waals surface area contributed by atoms with Gasteiger partial charge in [0.1, 0.15) is 18.1 Å². The Morgan fingerprint density at radius 1 is 1.06 bits per heavy atom. The number of guanidine groups is 1. The largest absolute Gasteiger partial charge is 0.497 e. The van der Waals surface area contributed by atoms with Gasteiger partial charge in [0, 0.05) is 52.2 Å². The lowest BCUT2D eigenvalue weighted by Crippen LogP contribution is -2.53. The standard InChI is InChI=1S/C23H31N9O.HI/c1-18-28-29-21(30(18)2)17-27-23(26-12-9-19-5-7-20(33-3)8-6-19)32-15-13-31(14-16-32)22-24-10-4-11-25-22;/h4-8,10-11H,9,12-17H2,1-3H3,(H,26,27);1H. The summed E-state index contributed by atoms with van der Waals surface area (Å²) in [6.07, 6.45) is 4.46. The summed E-state index contributed by atoms with van der Waals surface area (Å²) in [5, 5.41) is 12.0. The number of aryl methyl sites for hydroxylation is 1. The Labute approximate surface area is 217 Å². The van der Waals surface area contributed by atoms with E-state index in [4.69, 9.17) is 9.73 Å². The molecule has 0 bridgehead atoms. The van der Waals surface area contributed by atoms with Gasteiger partial charge in [0.15, 0.2) is 11.8 Å². The van der Waals surface area contributed by atoms with Gasteiger partial charge in [-0.15, -0.1) is 34.2 Å². The lowest BCUT2D eigenvalue weighted by molar-refractivity contribution is 0.369. The van der Waals surface area contributed by atoms with Gasteiger partial charge in [-0.3, -0.25) is 0 Å². The van der Waals surface area contributed by atoms with Gasteiger partial charge in [0.25, 0.3) is 0 Å². The van der Waals surface area contributed by atoms with Crippen LogP contribution in [0.4, 0.5) is 5.95 Å². The van der Waals surface area contributed by atoms with Gasteiger partial charge < -0.3 is 24.4 Å². The van der Waals surface area contributed by atoms with Gasteiger partial charge >= 0.3 is 0 Å². The van der Waals surface area contributed by atoms with Gasteiger partial charge in [-0.25, -0.2) is 15.0 Å². The van der Waals surface area contributed by atoms with Crippen LogP contribution < -0.4 is 15.0 Å². The molecular weight excluding hydrogens is 545 g/mol. The summed E-state index contributed by atoms with van der Waals surface area (Å²) in [7, 11) is 3.65. The van der Waals surface area contributed by atoms with Crippen LogP contribution >= 0.6 is 24.0 Å². The number of piperazine rings is 1. The summed E-state index contributed by atoms with van der Waals surface area (Å²) in [5.74, 6) is 4.26. The number of nitrogens with one attached hydrogen (secondary N) is 1. The van der Waals surface area contributed by atoms with Crippen LogP contribution in [0.1, 0.15) is 17.2 Å². The van der Waals surface area contributed by atoms with Crippen molar-refractivity contribution < 1.29 is 4.74 Å². The zero-order valence-electron chi connectivity index (χ0n) is 19.9. The van der Waals surface area contributed by atoms with Crippen LogP contribution in [0.5, 0.6) is 5.75 Å². The first kappa shape index (κ1) is 25.7. The summed E-state index contributed by atoms with van der Waals surface area (Å²) in [4.78, 5) is 18.1. The summed E-state index contributed by atoms with van der Waals surface area (Å²) < 4.78 is 7.23. The zero-order chi connectivity index (χ0) is 23.0. The van der Waals surface area contributed by atoms with Crippen molar-refractivity contribution in [2.24, 2.45) is 12.0 Å². The lowest BCUT2D eigenvalue weighted by atomic mass is 10.1. The van der Waals surface area contributed by atoms with Crippen molar-refractivity contribution in [1.82, 2.24) is 34.9 Å². The van der Waals surface area contributed by atoms with E-state index in [1.165, 1.54) is 5.56 Å². The minimum Gasteiger partial charge on any atom is -0.497 e. The average Bonchev–Trinajstić information content (AvgIpc) is 3.19. The number of ether oxygens (including phenoxy) is 1. The topological polar surface area (TPSA) is 96.6 Å². The highest BCUT2D eigenvalue weighted by molar-refractivity contribution is 14.0. The number of halogens is 1. The van der Waals surface area contributed by atoms with Gasteiger partial charge in [-0.05, 0) is 37.1 Å². The molecule has 10 nitrogen and oxygen atoms in total. The van der Waals surface area contributed by atoms with Crippen LogP contribution in [0.25, 0.3) is 0 Å². The molecule has 1 N–H and O–H groups in total. The SMILES string of the molecule is COc1ccc(CCNC(=NCc2nnc(C)n2C)N2CCN(c3ncccn3)CC2)cc1.I. The number of methoxy groups -OCH3 is 1. The normalized spacial score (nSPS) is 14.0. The quantitative estimate of drug-likeness (QED) is 0.259. The van der Waals surface area contributed by atoms with Gasteiger partial charge in [-0.1, -0.05) is 12.1 Å². The molecule has 0 saturated carbocycles. The number of benzene rings is 1. The van der Waals surface area contributed by atoms with E-state index in [0.29, 0.717) is 6.54 Å². The number of nitrogens with zero attached hydrogens (tertiary/aromatic N) is 8. The third-order valence-corrected chi connectivity index (χ3v) is 5.82. The van der Waals surface area contributed by atoms with E-state index >= 15 is 0 Å². The van der Waals surface area contributed by atoms with E-state index < -0.39 is 0 Å². The van der Waals surface area contributed by atoms with Crippen LogP contribution in [0.15, 0.2) is 47.7 Å². The molecule has 1 aromatic carbocycles. The first-order chi connectivity index (χ1) is 16.1. The summed E-state index contributed by atoms with van der Waals surface area (Å²) in [6.45, 7) is 6.56. The molecule has 0 radical (unpaired) electrons. The summed E-state index contributed by atoms with van der Waals surface area (Å²) >= 11 is 0. The third kappa shape index (κ3) is 6.55. The van der Waals surface area contributed by atoms with E-state index in [1.807, 2.05) is 36.7 Å². The van der Waals surface area contributed by atoms with Crippen molar-refractivity contribution in [3.8, 4) is 5.75 Å². The molecule has 11 heteroatoms. The van der Waals surface area contributed by atoms with Crippen molar-refractivity contribution in [3.05, 3.63) is 59.9 Å². The molecule has 0 amide bonds. The second-order valence-electron chi connectivity index (χ2n) is 7.91. The molecule has 0 spiro atoms. The lowest BCUT2D eigenvalue weighted by Gasteiger charge is -2.36. The minimum atomic E-state index is 0. The molecule has 0 atom stereocenters. The Kier molecular flexibility index (Phi) is 9.42. The van der Waals surface area contributed by atoms with Crippen LogP contribution in [0.2, 0.25) is 0 Å². The number of hydrogen-bond acceptors (Lipinski definition) is 7. The predicted molar refractivity (Wildman–Crippen MR) is 143 cm³/mol. The van der Waals surface area contributed by atoms with E-state index in [9.17, 15) is 0 Å². The number of anilines is 1. The molecule has 1 fully saturated rings. The fourth-order valence-corrected chi connectivity index (χ4v) is 3.69. The fraction of sp³-hybridized carbons (Fsp3) is 0.435. The van der Waals surface area contributed by atoms with E-state index in [0.717, 1.165) is 68.5 Å². The van der Waals surface area contributed by atoms with E-state index in [1.54, 1.807) is 19.5 Å². The molecule has 182 valence electrons. The highest BCUT2D eigenvalue weighted by Gasteiger charge is 2.21. The molecule has 1 aliphatic rings. The van der Waals surface area contributed by atoms with Gasteiger partial charge in [-0.2, -0.15) is 0 Å². The molecule has 1 aliphatic heterocycles. The average molecular weight is 577 g/mol. The maximum Gasteiger partial charge on any atom is 0.225 e. The zero-order valence-corrected chi connectivity index (χ0v) is 22.2. The Morgan fingerprint density at radius 2 is 1.76 bits per heavy atom. The summed E-state index contributed by atoms with van der Waals surface area (Å²) in [6, 6.07) is 10.0. The smallest absolute Gasteiger partial charge is 0.225 e. The van der Waals surface area contributed by atoms with E-state index in [-0.39, 0.29) is 24.0 Å². The molecule has 3 aromatic rings. The van der Waals surface area contributed by atoms with Crippen LogP contribution in [-0.2, 0) is 20.0 Å². The predicted octanol–water partition coefficient (Wildman–Crippen LogP) is 2.05. The second kappa shape index (κ2) is 12.5. The third-order valence-electron chi connectivity index (χ3n) is 5.82. The minimum absolute atomic E-state index is 0. The number of hydrogen-bond donors (Lipinski definition) is 1. The van der Waals surface area contributed by atoms with Crippen molar-refractivity contribution in [2.45, 2.75) is 19.9 Å². The fourth-order valence-electron chi connectivity index (χ4n) is 3.69. The van der Waals surface area contributed by atoms with Gasteiger partial charge in [0.2, 0.25) is 5.95 Å². The van der Waals surface area contributed by atoms with Crippen LogP contribution in [-0.4, -0.2) is 75.4 Å². The Bertz CT molecular complexity index is 1050. The van der Waals surface area contributed by atoms with E-state index in [2.05, 4.69) is 47.4 Å². The maximum absolute atomic E-state index is 5.25. The van der Waals surface area contributed by atoms with Crippen LogP contribution in [0.3, 0.4) is 0 Å². The number of aromatic nitrogens is 5. The summed E-state index contributed by atoms with van der Waals surface area (Å²) in [5.41, 5.74) is 1.25. The molecule has 0 aliphatic carbocycles. The molecule has 34 heavy (non-hydrogen) atoms. The van der Waals surface area contributed by atoms with Crippen molar-refractivity contribution in [2.75, 3.05) is 44.7 Å². The Balaban J connectivity index is 0.00000324. The highest BCUT2D eigenvalue weighted by Crippen LogP contribution is 2.12. The van der Waals surface area contributed by atoms with Crippen molar-refractivity contribution >= 4 is 35.9 Å². The Hall–Kier alpha value is -2.96. The monoisotopic (exact) mass is 577 g/mol.